The Labute approximate surface area is 140 Å². The first kappa shape index (κ1) is 21.1. The highest BCUT2D eigenvalue weighted by Gasteiger charge is 2.18. The second-order valence-corrected chi connectivity index (χ2v) is 7.38. The van der Waals surface area contributed by atoms with E-state index < -0.39 is 6.04 Å². The summed E-state index contributed by atoms with van der Waals surface area (Å²) in [4.78, 5) is 34.5. The standard InChI is InChI=1S/C14H27N3O3S2/c1-4-7-15-13(19)6-9-21-22-10-12(17-11(3)18)14(20)16-8-5-2/h12H,4-10H2,1-3H3,(H,15,19)(H,16,20)(H,17,18)/t12-/m0/s1. The van der Waals surface area contributed by atoms with Crippen LogP contribution >= 0.6 is 21.6 Å². The van der Waals surface area contributed by atoms with Crippen molar-refractivity contribution in [1.82, 2.24) is 16.0 Å². The largest absolute Gasteiger partial charge is 0.356 e. The summed E-state index contributed by atoms with van der Waals surface area (Å²) in [6.07, 6.45) is 2.25. The summed E-state index contributed by atoms with van der Waals surface area (Å²) >= 11 is 0. The molecule has 0 aromatic rings. The fraction of sp³-hybridized carbons (Fsp3) is 0.786. The Balaban J connectivity index is 3.95. The van der Waals surface area contributed by atoms with Crippen molar-refractivity contribution in [1.29, 1.82) is 0 Å². The topological polar surface area (TPSA) is 87.3 Å². The van der Waals surface area contributed by atoms with Gasteiger partial charge in [-0.15, -0.1) is 0 Å². The van der Waals surface area contributed by atoms with Gasteiger partial charge in [0.25, 0.3) is 0 Å². The monoisotopic (exact) mass is 349 g/mol. The Morgan fingerprint density at radius 3 is 2.23 bits per heavy atom. The molecule has 6 nitrogen and oxygen atoms in total. The molecule has 0 bridgehead atoms. The molecule has 22 heavy (non-hydrogen) atoms. The van der Waals surface area contributed by atoms with Gasteiger partial charge in [0.1, 0.15) is 6.04 Å². The van der Waals surface area contributed by atoms with E-state index in [9.17, 15) is 14.4 Å². The van der Waals surface area contributed by atoms with Crippen LogP contribution in [0.2, 0.25) is 0 Å². The van der Waals surface area contributed by atoms with Gasteiger partial charge in [-0.2, -0.15) is 0 Å². The number of hydrogen-bond donors (Lipinski definition) is 3. The first-order valence-corrected chi connectivity index (χ1v) is 10.1. The first-order chi connectivity index (χ1) is 10.5. The number of rotatable bonds is 12. The predicted molar refractivity (Wildman–Crippen MR) is 93.7 cm³/mol. The highest BCUT2D eigenvalue weighted by molar-refractivity contribution is 8.76. The summed E-state index contributed by atoms with van der Waals surface area (Å²) in [5.74, 6) is 0.834. The maximum absolute atomic E-state index is 11.9. The maximum atomic E-state index is 11.9. The van der Waals surface area contributed by atoms with Crippen LogP contribution < -0.4 is 16.0 Å². The van der Waals surface area contributed by atoms with Crippen molar-refractivity contribution < 1.29 is 14.4 Å². The van der Waals surface area contributed by atoms with E-state index in [1.165, 1.54) is 28.5 Å². The van der Waals surface area contributed by atoms with E-state index in [0.29, 0.717) is 31.0 Å². The molecule has 1 atom stereocenters. The molecule has 0 radical (unpaired) electrons. The molecule has 0 aliphatic carbocycles. The van der Waals surface area contributed by atoms with Crippen LogP contribution in [0.15, 0.2) is 0 Å². The van der Waals surface area contributed by atoms with Crippen molar-refractivity contribution in [3.05, 3.63) is 0 Å². The third-order valence-corrected chi connectivity index (χ3v) is 4.96. The van der Waals surface area contributed by atoms with Gasteiger partial charge >= 0.3 is 0 Å². The summed E-state index contributed by atoms with van der Waals surface area (Å²) in [7, 11) is 3.03. The van der Waals surface area contributed by atoms with Crippen LogP contribution in [0.5, 0.6) is 0 Å². The highest BCUT2D eigenvalue weighted by Crippen LogP contribution is 2.22. The Kier molecular flexibility index (Phi) is 13.2. The fourth-order valence-electron chi connectivity index (χ4n) is 1.46. The van der Waals surface area contributed by atoms with Crippen molar-refractivity contribution in [3.63, 3.8) is 0 Å². The minimum Gasteiger partial charge on any atom is -0.356 e. The van der Waals surface area contributed by atoms with Gasteiger partial charge in [-0.25, -0.2) is 0 Å². The molecule has 0 aliphatic heterocycles. The molecule has 0 heterocycles. The number of carbonyl (C=O) groups excluding carboxylic acids is 3. The Morgan fingerprint density at radius 2 is 1.64 bits per heavy atom. The van der Waals surface area contributed by atoms with E-state index in [1.807, 2.05) is 13.8 Å². The summed E-state index contributed by atoms with van der Waals surface area (Å²) in [5.41, 5.74) is 0. The number of hydrogen-bond acceptors (Lipinski definition) is 5. The second-order valence-electron chi connectivity index (χ2n) is 4.75. The highest BCUT2D eigenvalue weighted by atomic mass is 33.1. The normalized spacial score (nSPS) is 11.6. The Morgan fingerprint density at radius 1 is 1.00 bits per heavy atom. The van der Waals surface area contributed by atoms with E-state index in [2.05, 4.69) is 16.0 Å². The zero-order chi connectivity index (χ0) is 16.8. The molecule has 0 unspecified atom stereocenters. The van der Waals surface area contributed by atoms with Gasteiger partial charge < -0.3 is 16.0 Å². The molecule has 128 valence electrons. The summed E-state index contributed by atoms with van der Waals surface area (Å²) < 4.78 is 0. The van der Waals surface area contributed by atoms with Gasteiger partial charge in [-0.3, -0.25) is 14.4 Å². The number of amides is 3. The third-order valence-electron chi connectivity index (χ3n) is 2.55. The smallest absolute Gasteiger partial charge is 0.243 e. The third kappa shape index (κ3) is 11.7. The van der Waals surface area contributed by atoms with Gasteiger partial charge in [0, 0.05) is 37.9 Å². The van der Waals surface area contributed by atoms with Crippen LogP contribution in [0.1, 0.15) is 40.0 Å². The molecule has 0 aromatic carbocycles. The predicted octanol–water partition coefficient (Wildman–Crippen LogP) is 1.31. The zero-order valence-corrected chi connectivity index (χ0v) is 15.2. The zero-order valence-electron chi connectivity index (χ0n) is 13.6. The van der Waals surface area contributed by atoms with Crippen LogP contribution in [0, 0.1) is 0 Å². The van der Waals surface area contributed by atoms with Gasteiger partial charge in [0.05, 0.1) is 0 Å². The van der Waals surface area contributed by atoms with Crippen LogP contribution in [-0.2, 0) is 14.4 Å². The molecule has 0 rings (SSSR count). The SMILES string of the molecule is CCCNC(=O)CCSSC[C@H](NC(C)=O)C(=O)NCCC. The van der Waals surface area contributed by atoms with Crippen molar-refractivity contribution in [2.75, 3.05) is 24.6 Å². The maximum Gasteiger partial charge on any atom is 0.243 e. The fourth-order valence-corrected chi connectivity index (χ4v) is 3.62. The molecule has 3 N–H and O–H groups in total. The van der Waals surface area contributed by atoms with E-state index in [0.717, 1.165) is 12.8 Å². The van der Waals surface area contributed by atoms with Gasteiger partial charge in [0.2, 0.25) is 17.7 Å². The van der Waals surface area contributed by atoms with Gasteiger partial charge in [-0.05, 0) is 12.8 Å². The summed E-state index contributed by atoms with van der Waals surface area (Å²) in [6.45, 7) is 6.69. The van der Waals surface area contributed by atoms with Crippen molar-refractivity contribution in [2.24, 2.45) is 0 Å². The quantitative estimate of drug-likeness (QED) is 0.365. The average molecular weight is 350 g/mol. The molecular formula is C14H27N3O3S2. The Hall–Kier alpha value is -0.890. The van der Waals surface area contributed by atoms with E-state index >= 15 is 0 Å². The lowest BCUT2D eigenvalue weighted by atomic mass is 10.3. The van der Waals surface area contributed by atoms with Gasteiger partial charge in [0.15, 0.2) is 0 Å². The molecule has 0 saturated heterocycles. The first-order valence-electron chi connectivity index (χ1n) is 7.57. The molecular weight excluding hydrogens is 322 g/mol. The molecule has 0 spiro atoms. The lowest BCUT2D eigenvalue weighted by molar-refractivity contribution is -0.127. The van der Waals surface area contributed by atoms with Crippen LogP contribution in [0.25, 0.3) is 0 Å². The van der Waals surface area contributed by atoms with Crippen LogP contribution in [0.3, 0.4) is 0 Å². The molecule has 0 saturated carbocycles. The van der Waals surface area contributed by atoms with E-state index in [-0.39, 0.29) is 17.7 Å². The minimum absolute atomic E-state index is 0.0500. The van der Waals surface area contributed by atoms with Crippen molar-refractivity contribution in [2.45, 2.75) is 46.1 Å². The lowest BCUT2D eigenvalue weighted by Gasteiger charge is -2.16. The molecule has 0 fully saturated rings. The van der Waals surface area contributed by atoms with E-state index in [4.69, 9.17) is 0 Å². The average Bonchev–Trinajstić information content (AvgIpc) is 2.48. The second kappa shape index (κ2) is 13.8. The van der Waals surface area contributed by atoms with Crippen LogP contribution in [-0.4, -0.2) is 48.4 Å². The summed E-state index contributed by atoms with van der Waals surface area (Å²) in [6, 6.07) is -0.532. The van der Waals surface area contributed by atoms with Crippen molar-refractivity contribution in [3.8, 4) is 0 Å². The Bertz CT molecular complexity index is 354. The van der Waals surface area contributed by atoms with Crippen molar-refractivity contribution >= 4 is 39.3 Å². The van der Waals surface area contributed by atoms with Crippen LogP contribution in [0.4, 0.5) is 0 Å². The van der Waals surface area contributed by atoms with Gasteiger partial charge in [-0.1, -0.05) is 35.4 Å². The number of nitrogens with one attached hydrogen (secondary N) is 3. The molecule has 0 aliphatic rings. The summed E-state index contributed by atoms with van der Waals surface area (Å²) in [5, 5.41) is 8.25. The number of carbonyl (C=O) groups is 3. The molecule has 0 aromatic heterocycles. The lowest BCUT2D eigenvalue weighted by Crippen LogP contribution is -2.47. The minimum atomic E-state index is -0.532. The molecule has 3 amide bonds. The molecule has 8 heteroatoms. The van der Waals surface area contributed by atoms with E-state index in [1.54, 1.807) is 0 Å².